The minimum atomic E-state index is 0.181. The van der Waals surface area contributed by atoms with Crippen LogP contribution in [0.1, 0.15) is 18.5 Å². The fourth-order valence-corrected chi connectivity index (χ4v) is 1.41. The van der Waals surface area contributed by atoms with Gasteiger partial charge in [0.05, 0.1) is 6.61 Å². The summed E-state index contributed by atoms with van der Waals surface area (Å²) in [4.78, 5) is 0. The lowest BCUT2D eigenvalue weighted by Crippen LogP contribution is -2.21. The molecule has 3 heteroatoms. The standard InChI is InChI=1S/C10H14BrNO/c1-8(12-6-7-13)9-2-4-10(11)5-3-9/h2-5,8,12-13H,6-7H2,1H3/t8-/m0/s1. The lowest BCUT2D eigenvalue weighted by Gasteiger charge is -2.12. The molecule has 72 valence electrons. The molecule has 0 aliphatic rings. The molecule has 0 amide bonds. The van der Waals surface area contributed by atoms with Crippen molar-refractivity contribution in [2.75, 3.05) is 13.2 Å². The molecule has 0 aromatic heterocycles. The van der Waals surface area contributed by atoms with Crippen molar-refractivity contribution in [3.8, 4) is 0 Å². The van der Waals surface area contributed by atoms with Gasteiger partial charge in [-0.1, -0.05) is 28.1 Å². The van der Waals surface area contributed by atoms with Gasteiger partial charge in [-0.15, -0.1) is 0 Å². The fraction of sp³-hybridized carbons (Fsp3) is 0.400. The van der Waals surface area contributed by atoms with Crippen LogP contribution < -0.4 is 5.32 Å². The fourth-order valence-electron chi connectivity index (χ4n) is 1.15. The highest BCUT2D eigenvalue weighted by Gasteiger charge is 2.02. The van der Waals surface area contributed by atoms with E-state index < -0.39 is 0 Å². The van der Waals surface area contributed by atoms with Gasteiger partial charge in [0.25, 0.3) is 0 Å². The number of rotatable bonds is 4. The average molecular weight is 244 g/mol. The first-order valence-electron chi connectivity index (χ1n) is 4.33. The van der Waals surface area contributed by atoms with Crippen LogP contribution in [0.4, 0.5) is 0 Å². The predicted molar refractivity (Wildman–Crippen MR) is 57.6 cm³/mol. The van der Waals surface area contributed by atoms with Crippen LogP contribution in [0, 0.1) is 0 Å². The SMILES string of the molecule is C[C@H](NCCO)c1ccc(Br)cc1. The molecule has 0 aliphatic heterocycles. The third-order valence-electron chi connectivity index (χ3n) is 1.93. The smallest absolute Gasteiger partial charge is 0.0556 e. The number of hydrogen-bond donors (Lipinski definition) is 2. The molecular weight excluding hydrogens is 230 g/mol. The van der Waals surface area contributed by atoms with Gasteiger partial charge in [-0.05, 0) is 24.6 Å². The first kappa shape index (κ1) is 10.7. The van der Waals surface area contributed by atoms with Crippen LogP contribution >= 0.6 is 15.9 Å². The first-order valence-corrected chi connectivity index (χ1v) is 5.13. The summed E-state index contributed by atoms with van der Waals surface area (Å²) in [6.07, 6.45) is 0. The molecule has 0 saturated heterocycles. The molecule has 0 radical (unpaired) electrons. The van der Waals surface area contributed by atoms with Gasteiger partial charge in [-0.25, -0.2) is 0 Å². The normalized spacial score (nSPS) is 12.8. The molecule has 0 aliphatic carbocycles. The molecule has 0 saturated carbocycles. The molecule has 0 unspecified atom stereocenters. The van der Waals surface area contributed by atoms with Crippen molar-refractivity contribution in [1.82, 2.24) is 5.32 Å². The van der Waals surface area contributed by atoms with E-state index in [0.717, 1.165) is 4.47 Å². The van der Waals surface area contributed by atoms with Gasteiger partial charge in [0.2, 0.25) is 0 Å². The second-order valence-electron chi connectivity index (χ2n) is 2.95. The maximum Gasteiger partial charge on any atom is 0.0556 e. The molecule has 1 rings (SSSR count). The van der Waals surface area contributed by atoms with Crippen LogP contribution in [-0.4, -0.2) is 18.3 Å². The Bertz CT molecular complexity index is 248. The number of aliphatic hydroxyl groups is 1. The van der Waals surface area contributed by atoms with E-state index in [1.54, 1.807) is 0 Å². The maximum atomic E-state index is 8.64. The third kappa shape index (κ3) is 3.46. The largest absolute Gasteiger partial charge is 0.395 e. The molecule has 1 aromatic rings. The first-order chi connectivity index (χ1) is 6.24. The van der Waals surface area contributed by atoms with Gasteiger partial charge < -0.3 is 10.4 Å². The summed E-state index contributed by atoms with van der Waals surface area (Å²) < 4.78 is 1.09. The Balaban J connectivity index is 2.55. The van der Waals surface area contributed by atoms with Gasteiger partial charge >= 0.3 is 0 Å². The Hall–Kier alpha value is -0.380. The third-order valence-corrected chi connectivity index (χ3v) is 2.46. The second-order valence-corrected chi connectivity index (χ2v) is 3.87. The second kappa shape index (κ2) is 5.37. The summed E-state index contributed by atoms with van der Waals surface area (Å²) in [5.74, 6) is 0. The Kier molecular flexibility index (Phi) is 4.42. The van der Waals surface area contributed by atoms with Crippen LogP contribution in [0.5, 0.6) is 0 Å². The Morgan fingerprint density at radius 3 is 2.54 bits per heavy atom. The van der Waals surface area contributed by atoms with Gasteiger partial charge in [-0.3, -0.25) is 0 Å². The van der Waals surface area contributed by atoms with Gasteiger partial charge in [-0.2, -0.15) is 0 Å². The van der Waals surface area contributed by atoms with E-state index in [2.05, 4.69) is 40.3 Å². The van der Waals surface area contributed by atoms with Gasteiger partial charge in [0.1, 0.15) is 0 Å². The van der Waals surface area contributed by atoms with Gasteiger partial charge in [0, 0.05) is 17.1 Å². The zero-order valence-corrected chi connectivity index (χ0v) is 9.21. The Morgan fingerprint density at radius 1 is 1.38 bits per heavy atom. The molecule has 13 heavy (non-hydrogen) atoms. The van der Waals surface area contributed by atoms with Crippen molar-refractivity contribution in [3.05, 3.63) is 34.3 Å². The van der Waals surface area contributed by atoms with Crippen LogP contribution in [-0.2, 0) is 0 Å². The van der Waals surface area contributed by atoms with E-state index in [4.69, 9.17) is 5.11 Å². The van der Waals surface area contributed by atoms with Crippen molar-refractivity contribution >= 4 is 15.9 Å². The molecule has 0 spiro atoms. The predicted octanol–water partition coefficient (Wildman–Crippen LogP) is 2.09. The summed E-state index contributed by atoms with van der Waals surface area (Å²) in [5, 5.41) is 11.8. The zero-order valence-electron chi connectivity index (χ0n) is 7.63. The van der Waals surface area contributed by atoms with Crippen LogP contribution in [0.2, 0.25) is 0 Å². The highest BCUT2D eigenvalue weighted by molar-refractivity contribution is 9.10. The van der Waals surface area contributed by atoms with E-state index in [-0.39, 0.29) is 6.61 Å². The van der Waals surface area contributed by atoms with Crippen molar-refractivity contribution < 1.29 is 5.11 Å². The number of nitrogens with one attached hydrogen (secondary N) is 1. The molecule has 0 bridgehead atoms. The molecule has 2 nitrogen and oxygen atoms in total. The number of halogens is 1. The van der Waals surface area contributed by atoms with Crippen LogP contribution in [0.15, 0.2) is 28.7 Å². The maximum absolute atomic E-state index is 8.64. The topological polar surface area (TPSA) is 32.3 Å². The van der Waals surface area contributed by atoms with E-state index in [1.165, 1.54) is 5.56 Å². The molecule has 2 N–H and O–H groups in total. The summed E-state index contributed by atoms with van der Waals surface area (Å²) in [6, 6.07) is 8.47. The molecule has 0 heterocycles. The molecule has 1 aromatic carbocycles. The molecule has 1 atom stereocenters. The summed E-state index contributed by atoms with van der Waals surface area (Å²) in [7, 11) is 0. The monoisotopic (exact) mass is 243 g/mol. The summed E-state index contributed by atoms with van der Waals surface area (Å²) in [5.41, 5.74) is 1.23. The molecule has 0 fully saturated rings. The lowest BCUT2D eigenvalue weighted by molar-refractivity contribution is 0.286. The van der Waals surface area contributed by atoms with Crippen molar-refractivity contribution in [1.29, 1.82) is 0 Å². The zero-order chi connectivity index (χ0) is 9.68. The van der Waals surface area contributed by atoms with Crippen molar-refractivity contribution in [2.24, 2.45) is 0 Å². The van der Waals surface area contributed by atoms with E-state index in [1.807, 2.05) is 12.1 Å². The van der Waals surface area contributed by atoms with Crippen molar-refractivity contribution in [3.63, 3.8) is 0 Å². The van der Waals surface area contributed by atoms with E-state index >= 15 is 0 Å². The summed E-state index contributed by atoms with van der Waals surface area (Å²) >= 11 is 3.39. The highest BCUT2D eigenvalue weighted by atomic mass is 79.9. The quantitative estimate of drug-likeness (QED) is 0.850. The minimum absolute atomic E-state index is 0.181. The van der Waals surface area contributed by atoms with Crippen LogP contribution in [0.3, 0.4) is 0 Å². The van der Waals surface area contributed by atoms with E-state index in [9.17, 15) is 0 Å². The van der Waals surface area contributed by atoms with Crippen LogP contribution in [0.25, 0.3) is 0 Å². The minimum Gasteiger partial charge on any atom is -0.395 e. The lowest BCUT2D eigenvalue weighted by atomic mass is 10.1. The van der Waals surface area contributed by atoms with Crippen molar-refractivity contribution in [2.45, 2.75) is 13.0 Å². The Morgan fingerprint density at radius 2 is 2.00 bits per heavy atom. The average Bonchev–Trinajstić information content (AvgIpc) is 2.15. The summed E-state index contributed by atoms with van der Waals surface area (Å²) in [6.45, 7) is 2.90. The number of benzene rings is 1. The number of hydrogen-bond acceptors (Lipinski definition) is 2. The Labute approximate surface area is 87.1 Å². The number of aliphatic hydroxyl groups excluding tert-OH is 1. The van der Waals surface area contributed by atoms with Gasteiger partial charge in [0.15, 0.2) is 0 Å². The highest BCUT2D eigenvalue weighted by Crippen LogP contribution is 2.15. The molecular formula is C10H14BrNO. The van der Waals surface area contributed by atoms with E-state index in [0.29, 0.717) is 12.6 Å².